The van der Waals surface area contributed by atoms with E-state index in [1.54, 1.807) is 0 Å². The van der Waals surface area contributed by atoms with E-state index in [-0.39, 0.29) is 12.2 Å². The lowest BCUT2D eigenvalue weighted by molar-refractivity contribution is -0.131. The Morgan fingerprint density at radius 1 is 1.26 bits per heavy atom. The van der Waals surface area contributed by atoms with Gasteiger partial charge < -0.3 is 4.90 Å². The summed E-state index contributed by atoms with van der Waals surface area (Å²) in [6.45, 7) is 4.38. The number of nitrogens with one attached hydrogen (secondary N) is 1. The van der Waals surface area contributed by atoms with Crippen molar-refractivity contribution in [2.45, 2.75) is 70.6 Å². The summed E-state index contributed by atoms with van der Waals surface area (Å²) in [6.07, 6.45) is 7.96. The highest BCUT2D eigenvalue weighted by molar-refractivity contribution is 5.85. The number of hydrogen-bond acceptors (Lipinski definition) is 2. The van der Waals surface area contributed by atoms with Gasteiger partial charge in [-0.05, 0) is 56.3 Å². The second kappa shape index (κ2) is 4.21. The number of hydrogen-bond donors (Lipinski definition) is 1. The first-order chi connectivity index (χ1) is 9.22. The third-order valence-electron chi connectivity index (χ3n) is 6.27. The van der Waals surface area contributed by atoms with Gasteiger partial charge in [0.2, 0.25) is 5.91 Å². The molecule has 106 valence electrons. The third kappa shape index (κ3) is 1.63. The largest absolute Gasteiger partial charge is 0.322 e. The van der Waals surface area contributed by atoms with E-state index in [0.717, 1.165) is 36.5 Å². The number of unbranched alkanes of at least 4 members (excludes halogenated alkanes) is 1. The molecule has 4 rings (SSSR count). The van der Waals surface area contributed by atoms with E-state index in [2.05, 4.69) is 24.1 Å². The highest BCUT2D eigenvalue weighted by Crippen LogP contribution is 2.67. The summed E-state index contributed by atoms with van der Waals surface area (Å²) in [5.41, 5.74) is 0. The Labute approximate surface area is 116 Å². The van der Waals surface area contributed by atoms with Crippen LogP contribution in [0.5, 0.6) is 0 Å². The number of nitrogens with zero attached hydrogens (tertiary/aromatic N) is 1. The predicted octanol–water partition coefficient (Wildman–Crippen LogP) is 2.37. The third-order valence-corrected chi connectivity index (χ3v) is 6.27. The van der Waals surface area contributed by atoms with E-state index in [1.807, 2.05) is 0 Å². The molecule has 3 saturated carbocycles. The van der Waals surface area contributed by atoms with Crippen LogP contribution in [0.2, 0.25) is 0 Å². The van der Waals surface area contributed by atoms with E-state index in [9.17, 15) is 4.79 Å². The molecule has 0 spiro atoms. The number of carbonyl (C=O) groups excluding carboxylic acids is 1. The van der Waals surface area contributed by atoms with Gasteiger partial charge in [-0.1, -0.05) is 19.8 Å². The van der Waals surface area contributed by atoms with Crippen LogP contribution in [0, 0.1) is 23.7 Å². The molecule has 1 N–H and O–H groups in total. The second-order valence-electron chi connectivity index (χ2n) is 7.26. The lowest BCUT2D eigenvalue weighted by atomic mass is 10.0. The minimum atomic E-state index is 0.105. The van der Waals surface area contributed by atoms with Crippen molar-refractivity contribution in [2.75, 3.05) is 0 Å². The maximum Gasteiger partial charge on any atom is 0.241 e. The normalized spacial score (nSPS) is 50.9. The van der Waals surface area contributed by atoms with Gasteiger partial charge in [0.15, 0.2) is 0 Å². The molecule has 4 aliphatic rings. The molecule has 19 heavy (non-hydrogen) atoms. The Morgan fingerprint density at radius 2 is 1.95 bits per heavy atom. The molecule has 2 bridgehead atoms. The molecular weight excluding hydrogens is 236 g/mol. The van der Waals surface area contributed by atoms with Gasteiger partial charge in [0, 0.05) is 6.04 Å². The number of rotatable bonds is 4. The first-order valence-corrected chi connectivity index (χ1v) is 8.30. The fourth-order valence-corrected chi connectivity index (χ4v) is 5.48. The lowest BCUT2D eigenvalue weighted by Gasteiger charge is -2.24. The molecule has 0 aromatic rings. The topological polar surface area (TPSA) is 32.3 Å². The van der Waals surface area contributed by atoms with Crippen LogP contribution in [0.3, 0.4) is 0 Å². The van der Waals surface area contributed by atoms with Crippen LogP contribution in [-0.4, -0.2) is 29.1 Å². The molecule has 0 radical (unpaired) electrons. The first kappa shape index (κ1) is 12.2. The SMILES string of the molecule is CCCCC1NC(C)N(C2C3C4CCC(C4)C32)C1=O. The average Bonchev–Trinajstić information content (AvgIpc) is 2.73. The predicted molar refractivity (Wildman–Crippen MR) is 74.4 cm³/mol. The zero-order chi connectivity index (χ0) is 13.1. The van der Waals surface area contributed by atoms with Gasteiger partial charge in [-0.3, -0.25) is 10.1 Å². The lowest BCUT2D eigenvalue weighted by Crippen LogP contribution is -2.39. The smallest absolute Gasteiger partial charge is 0.241 e. The van der Waals surface area contributed by atoms with Gasteiger partial charge in [0.05, 0.1) is 12.2 Å². The summed E-state index contributed by atoms with van der Waals surface area (Å²) in [5, 5.41) is 3.53. The molecule has 6 unspecified atom stereocenters. The maximum absolute atomic E-state index is 12.6. The van der Waals surface area contributed by atoms with Gasteiger partial charge in [-0.2, -0.15) is 0 Å². The molecule has 3 aliphatic carbocycles. The summed E-state index contributed by atoms with van der Waals surface area (Å²) in [6, 6.07) is 0.710. The molecular formula is C16H26N2O. The Bertz CT molecular complexity index is 380. The van der Waals surface area contributed by atoms with Crippen molar-refractivity contribution in [1.82, 2.24) is 10.2 Å². The first-order valence-electron chi connectivity index (χ1n) is 8.30. The summed E-state index contributed by atoms with van der Waals surface area (Å²) in [5.74, 6) is 4.05. The fourth-order valence-electron chi connectivity index (χ4n) is 5.48. The molecule has 0 aromatic heterocycles. The van der Waals surface area contributed by atoms with Crippen LogP contribution in [-0.2, 0) is 4.79 Å². The van der Waals surface area contributed by atoms with Gasteiger partial charge in [-0.15, -0.1) is 0 Å². The second-order valence-corrected chi connectivity index (χ2v) is 7.26. The Morgan fingerprint density at radius 3 is 2.58 bits per heavy atom. The van der Waals surface area contributed by atoms with Gasteiger partial charge in [0.1, 0.15) is 0 Å². The standard InChI is InChI=1S/C16H26N2O/c1-3-4-5-12-16(19)18(9(2)17-12)15-13-10-6-7-11(8-10)14(13)15/h9-15,17H,3-8H2,1-2H3. The Hall–Kier alpha value is -0.570. The summed E-state index contributed by atoms with van der Waals surface area (Å²) in [7, 11) is 0. The Balaban J connectivity index is 1.46. The molecule has 3 heteroatoms. The van der Waals surface area contributed by atoms with Crippen molar-refractivity contribution in [2.24, 2.45) is 23.7 Å². The van der Waals surface area contributed by atoms with Gasteiger partial charge >= 0.3 is 0 Å². The van der Waals surface area contributed by atoms with Crippen molar-refractivity contribution >= 4 is 5.91 Å². The highest BCUT2D eigenvalue weighted by atomic mass is 16.2. The summed E-state index contributed by atoms with van der Waals surface area (Å²) in [4.78, 5) is 14.9. The molecule has 1 amide bonds. The molecule has 1 heterocycles. The van der Waals surface area contributed by atoms with Crippen molar-refractivity contribution < 1.29 is 4.79 Å². The summed E-state index contributed by atoms with van der Waals surface area (Å²) >= 11 is 0. The quantitative estimate of drug-likeness (QED) is 0.843. The Kier molecular flexibility index (Phi) is 2.70. The van der Waals surface area contributed by atoms with Gasteiger partial charge in [-0.25, -0.2) is 0 Å². The van der Waals surface area contributed by atoms with E-state index in [1.165, 1.54) is 25.7 Å². The van der Waals surface area contributed by atoms with Crippen LogP contribution in [0.4, 0.5) is 0 Å². The molecule has 1 aliphatic heterocycles. The maximum atomic E-state index is 12.6. The fraction of sp³-hybridized carbons (Fsp3) is 0.938. The molecule has 6 atom stereocenters. The van der Waals surface area contributed by atoms with Crippen LogP contribution in [0.15, 0.2) is 0 Å². The summed E-state index contributed by atoms with van der Waals surface area (Å²) < 4.78 is 0. The van der Waals surface area contributed by atoms with Crippen molar-refractivity contribution in [3.05, 3.63) is 0 Å². The molecule has 4 fully saturated rings. The zero-order valence-electron chi connectivity index (χ0n) is 12.1. The van der Waals surface area contributed by atoms with Crippen LogP contribution < -0.4 is 5.32 Å². The van der Waals surface area contributed by atoms with Crippen LogP contribution in [0.1, 0.15) is 52.4 Å². The minimum Gasteiger partial charge on any atom is -0.322 e. The van der Waals surface area contributed by atoms with E-state index < -0.39 is 0 Å². The van der Waals surface area contributed by atoms with E-state index in [0.29, 0.717) is 11.9 Å². The number of amides is 1. The van der Waals surface area contributed by atoms with E-state index >= 15 is 0 Å². The number of carbonyl (C=O) groups is 1. The monoisotopic (exact) mass is 262 g/mol. The number of fused-ring (bicyclic) bond motifs is 5. The van der Waals surface area contributed by atoms with Crippen LogP contribution in [0.25, 0.3) is 0 Å². The molecule has 0 aromatic carbocycles. The average molecular weight is 262 g/mol. The zero-order valence-corrected chi connectivity index (χ0v) is 12.1. The minimum absolute atomic E-state index is 0.105. The van der Waals surface area contributed by atoms with Crippen molar-refractivity contribution in [3.63, 3.8) is 0 Å². The molecule has 3 nitrogen and oxygen atoms in total. The highest BCUT2D eigenvalue weighted by Gasteiger charge is 2.68. The van der Waals surface area contributed by atoms with Crippen LogP contribution >= 0.6 is 0 Å². The van der Waals surface area contributed by atoms with Crippen molar-refractivity contribution in [1.29, 1.82) is 0 Å². The molecule has 1 saturated heterocycles. The van der Waals surface area contributed by atoms with Crippen molar-refractivity contribution in [3.8, 4) is 0 Å². The van der Waals surface area contributed by atoms with E-state index in [4.69, 9.17) is 0 Å². The van der Waals surface area contributed by atoms with Gasteiger partial charge in [0.25, 0.3) is 0 Å².